The molecule has 1 unspecified atom stereocenters. The number of aliphatic hydroxyl groups is 1. The summed E-state index contributed by atoms with van der Waals surface area (Å²) in [4.78, 5) is 25.3. The van der Waals surface area contributed by atoms with E-state index in [1.54, 1.807) is 0 Å². The monoisotopic (exact) mass is 496 g/mol. The van der Waals surface area contributed by atoms with E-state index < -0.39 is 53.7 Å². The lowest BCUT2D eigenvalue weighted by atomic mass is 9.99. The quantitative estimate of drug-likeness (QED) is 0.415. The molecule has 0 spiro atoms. The highest BCUT2D eigenvalue weighted by molar-refractivity contribution is 5.93. The first-order valence-corrected chi connectivity index (χ1v) is 10.4. The zero-order valence-corrected chi connectivity index (χ0v) is 17.9. The summed E-state index contributed by atoms with van der Waals surface area (Å²) >= 11 is 0. The Hall–Kier alpha value is -3.81. The van der Waals surface area contributed by atoms with Crippen molar-refractivity contribution in [1.82, 2.24) is 29.5 Å². The molecule has 2 N–H and O–H groups in total. The average Bonchev–Trinajstić information content (AvgIpc) is 3.54. The fourth-order valence-electron chi connectivity index (χ4n) is 4.14. The Bertz CT molecular complexity index is 1410. The van der Waals surface area contributed by atoms with Crippen molar-refractivity contribution in [3.8, 4) is 0 Å². The van der Waals surface area contributed by atoms with Gasteiger partial charge in [-0.15, -0.1) is 0 Å². The molecular formula is C21H17F5N6O3. The molecule has 9 nitrogen and oxygen atoms in total. The van der Waals surface area contributed by atoms with Crippen LogP contribution in [0, 0.1) is 0 Å². The first-order chi connectivity index (χ1) is 16.6. The largest absolute Gasteiger partial charge is 0.433 e. The maximum Gasteiger partial charge on any atom is 0.433 e. The third-order valence-corrected chi connectivity index (χ3v) is 5.69. The van der Waals surface area contributed by atoms with Crippen molar-refractivity contribution in [2.75, 3.05) is 6.54 Å². The Labute approximate surface area is 193 Å². The molecule has 5 heterocycles. The van der Waals surface area contributed by atoms with Gasteiger partial charge in [-0.05, 0) is 25.1 Å². The number of halogens is 5. The van der Waals surface area contributed by atoms with Gasteiger partial charge in [-0.2, -0.15) is 18.3 Å². The van der Waals surface area contributed by atoms with Crippen LogP contribution >= 0.6 is 0 Å². The van der Waals surface area contributed by atoms with E-state index in [9.17, 15) is 31.9 Å². The van der Waals surface area contributed by atoms with E-state index in [2.05, 4.69) is 20.1 Å². The van der Waals surface area contributed by atoms with Crippen molar-refractivity contribution < 1.29 is 36.3 Å². The number of fused-ring (bicyclic) bond motifs is 2. The summed E-state index contributed by atoms with van der Waals surface area (Å²) in [5, 5.41) is 13.8. The molecule has 0 saturated heterocycles. The second-order valence-electron chi connectivity index (χ2n) is 7.98. The molecule has 184 valence electrons. The molecule has 5 rings (SSSR count). The number of nitrogens with zero attached hydrogens (tertiary/aromatic N) is 5. The van der Waals surface area contributed by atoms with Crippen LogP contribution in [-0.2, 0) is 12.6 Å². The number of hydrogen-bond donors (Lipinski definition) is 2. The first kappa shape index (κ1) is 23.0. The summed E-state index contributed by atoms with van der Waals surface area (Å²) < 4.78 is 73.7. The summed E-state index contributed by atoms with van der Waals surface area (Å²) in [6.45, 7) is 1.25. The van der Waals surface area contributed by atoms with Crippen LogP contribution in [0.3, 0.4) is 0 Å². The maximum atomic E-state index is 13.6. The van der Waals surface area contributed by atoms with Crippen LogP contribution in [0.25, 0.3) is 5.52 Å². The van der Waals surface area contributed by atoms with Gasteiger partial charge in [0.15, 0.2) is 5.69 Å². The van der Waals surface area contributed by atoms with Crippen LogP contribution in [0.1, 0.15) is 70.4 Å². The zero-order chi connectivity index (χ0) is 25.1. The number of imidazole rings is 1. The number of hydrogen-bond acceptors (Lipinski definition) is 6. The van der Waals surface area contributed by atoms with Gasteiger partial charge in [0.05, 0.1) is 23.2 Å². The van der Waals surface area contributed by atoms with Crippen LogP contribution in [-0.4, -0.2) is 47.0 Å². The van der Waals surface area contributed by atoms with Gasteiger partial charge < -0.3 is 19.4 Å². The molecule has 35 heavy (non-hydrogen) atoms. The highest BCUT2D eigenvalue weighted by Gasteiger charge is 2.41. The van der Waals surface area contributed by atoms with E-state index in [1.807, 2.05) is 0 Å². The fraction of sp³-hybridized carbons (Fsp3) is 0.333. The van der Waals surface area contributed by atoms with Crippen LogP contribution in [0.4, 0.5) is 22.0 Å². The standard InChI is InChI=1S/C21H17F5N6O3/c1-9(33)19-29-15(18(22)23)17(35-19)20(34)31-6-5-11-14(28-8-27-11)16(31)12-7-10-3-2-4-13(21(24,25)26)32(10)30-12/h2-4,7-9,16,18,33H,5-6H2,1H3,(H,27,28)/t9?,16-/m0/s1. The summed E-state index contributed by atoms with van der Waals surface area (Å²) in [7, 11) is 0. The van der Waals surface area contributed by atoms with Crippen molar-refractivity contribution in [1.29, 1.82) is 0 Å². The third kappa shape index (κ3) is 3.83. The van der Waals surface area contributed by atoms with Crippen molar-refractivity contribution in [2.24, 2.45) is 0 Å². The SMILES string of the molecule is CC(O)c1nc(C(F)F)c(C(=O)N2CCc3[nH]cnc3[C@@H]2c2cc3cccc(C(F)(F)F)n3n2)o1. The van der Waals surface area contributed by atoms with Crippen molar-refractivity contribution in [3.63, 3.8) is 0 Å². The molecule has 1 aliphatic heterocycles. The highest BCUT2D eigenvalue weighted by atomic mass is 19.4. The second kappa shape index (κ2) is 8.15. The Kier molecular flexibility index (Phi) is 5.34. The molecule has 4 aromatic rings. The minimum absolute atomic E-state index is 0.00603. The normalized spacial score (nSPS) is 17.3. The molecule has 0 bridgehead atoms. The lowest BCUT2D eigenvalue weighted by molar-refractivity contribution is -0.142. The Morgan fingerprint density at radius 1 is 1.31 bits per heavy atom. The van der Waals surface area contributed by atoms with Crippen molar-refractivity contribution in [2.45, 2.75) is 38.1 Å². The first-order valence-electron chi connectivity index (χ1n) is 10.4. The van der Waals surface area contributed by atoms with E-state index in [0.29, 0.717) is 15.9 Å². The molecule has 2 atom stereocenters. The zero-order valence-electron chi connectivity index (χ0n) is 17.9. The van der Waals surface area contributed by atoms with E-state index in [4.69, 9.17) is 4.42 Å². The minimum Gasteiger partial charge on any atom is -0.432 e. The number of oxazole rings is 1. The Balaban J connectivity index is 1.64. The van der Waals surface area contributed by atoms with E-state index >= 15 is 0 Å². The highest BCUT2D eigenvalue weighted by Crippen LogP contribution is 2.37. The number of amides is 1. The number of aromatic amines is 1. The molecule has 1 amide bonds. The number of rotatable bonds is 4. The molecule has 0 radical (unpaired) electrons. The summed E-state index contributed by atoms with van der Waals surface area (Å²) in [6, 6.07) is 3.80. The summed E-state index contributed by atoms with van der Waals surface area (Å²) in [5.74, 6) is -2.20. The van der Waals surface area contributed by atoms with Crippen LogP contribution in [0.15, 0.2) is 35.0 Å². The minimum atomic E-state index is -4.69. The molecule has 0 saturated carbocycles. The van der Waals surface area contributed by atoms with E-state index in [1.165, 1.54) is 31.5 Å². The molecular weight excluding hydrogens is 479 g/mol. The van der Waals surface area contributed by atoms with Gasteiger partial charge >= 0.3 is 6.18 Å². The molecule has 0 aliphatic carbocycles. The number of H-pyrrole nitrogens is 1. The topological polar surface area (TPSA) is 113 Å². The Morgan fingerprint density at radius 2 is 2.09 bits per heavy atom. The number of carbonyl (C=O) groups excluding carboxylic acids is 1. The smallest absolute Gasteiger partial charge is 0.432 e. The van der Waals surface area contributed by atoms with Gasteiger partial charge in [0.2, 0.25) is 11.7 Å². The number of nitrogens with one attached hydrogen (secondary N) is 1. The van der Waals surface area contributed by atoms with E-state index in [0.717, 1.165) is 11.0 Å². The number of alkyl halides is 5. The third-order valence-electron chi connectivity index (χ3n) is 5.69. The molecule has 4 aromatic heterocycles. The molecule has 14 heteroatoms. The van der Waals surface area contributed by atoms with Gasteiger partial charge in [0.25, 0.3) is 12.3 Å². The Morgan fingerprint density at radius 3 is 2.77 bits per heavy atom. The van der Waals surface area contributed by atoms with Gasteiger partial charge in [0.1, 0.15) is 17.8 Å². The summed E-state index contributed by atoms with van der Waals surface area (Å²) in [5.41, 5.74) is -0.842. The van der Waals surface area contributed by atoms with Gasteiger partial charge in [-0.25, -0.2) is 23.3 Å². The predicted molar refractivity (Wildman–Crippen MR) is 107 cm³/mol. The molecule has 0 aromatic carbocycles. The number of pyridine rings is 1. The van der Waals surface area contributed by atoms with Crippen molar-refractivity contribution in [3.05, 3.63) is 70.7 Å². The van der Waals surface area contributed by atoms with E-state index in [-0.39, 0.29) is 24.2 Å². The number of carbonyl (C=O) groups is 1. The van der Waals surface area contributed by atoms with Gasteiger partial charge in [-0.1, -0.05) is 6.07 Å². The van der Waals surface area contributed by atoms with Crippen molar-refractivity contribution >= 4 is 11.4 Å². The maximum absolute atomic E-state index is 13.6. The van der Waals surface area contributed by atoms with Gasteiger partial charge in [-0.3, -0.25) is 4.79 Å². The fourth-order valence-corrected chi connectivity index (χ4v) is 4.14. The average molecular weight is 496 g/mol. The second-order valence-corrected chi connectivity index (χ2v) is 7.98. The molecule has 0 fully saturated rings. The van der Waals surface area contributed by atoms with Crippen LogP contribution in [0.2, 0.25) is 0 Å². The molecule has 1 aliphatic rings. The predicted octanol–water partition coefficient (Wildman–Crippen LogP) is 3.84. The van der Waals surface area contributed by atoms with Crippen LogP contribution < -0.4 is 0 Å². The summed E-state index contributed by atoms with van der Waals surface area (Å²) in [6.07, 6.45) is -7.55. The number of aliphatic hydroxyl groups excluding tert-OH is 1. The van der Waals surface area contributed by atoms with Gasteiger partial charge in [0, 0.05) is 18.7 Å². The lowest BCUT2D eigenvalue weighted by Gasteiger charge is -2.33. The lowest BCUT2D eigenvalue weighted by Crippen LogP contribution is -2.41. The van der Waals surface area contributed by atoms with Crippen LogP contribution in [0.5, 0.6) is 0 Å². The number of aromatic nitrogens is 5.